The van der Waals surface area contributed by atoms with E-state index in [-0.39, 0.29) is 11.9 Å². The zero-order valence-electron chi connectivity index (χ0n) is 10.9. The summed E-state index contributed by atoms with van der Waals surface area (Å²) in [7, 11) is 0. The molecular formula is C15H14BrClN2O. The maximum Gasteiger partial charge on any atom is 0.251 e. The van der Waals surface area contributed by atoms with Crippen LogP contribution in [-0.2, 0) is 0 Å². The zero-order valence-corrected chi connectivity index (χ0v) is 13.2. The molecule has 0 aromatic heterocycles. The van der Waals surface area contributed by atoms with Gasteiger partial charge in [0.2, 0.25) is 0 Å². The highest BCUT2D eigenvalue weighted by atomic mass is 79.9. The van der Waals surface area contributed by atoms with E-state index in [1.807, 2.05) is 31.2 Å². The van der Waals surface area contributed by atoms with Gasteiger partial charge in [-0.1, -0.05) is 23.7 Å². The van der Waals surface area contributed by atoms with E-state index in [1.165, 1.54) is 0 Å². The molecular weight excluding hydrogens is 340 g/mol. The molecule has 104 valence electrons. The second-order valence-electron chi connectivity index (χ2n) is 4.49. The number of rotatable bonds is 3. The lowest BCUT2D eigenvalue weighted by atomic mass is 10.1. The van der Waals surface area contributed by atoms with Crippen LogP contribution >= 0.6 is 27.5 Å². The van der Waals surface area contributed by atoms with Crippen LogP contribution in [0.2, 0.25) is 5.02 Å². The van der Waals surface area contributed by atoms with Gasteiger partial charge in [-0.25, -0.2) is 0 Å². The number of hydrogen-bond acceptors (Lipinski definition) is 2. The van der Waals surface area contributed by atoms with Crippen LogP contribution in [0.15, 0.2) is 46.9 Å². The summed E-state index contributed by atoms with van der Waals surface area (Å²) in [4.78, 5) is 12.2. The van der Waals surface area contributed by atoms with Gasteiger partial charge in [-0.15, -0.1) is 0 Å². The predicted octanol–water partition coefficient (Wildman–Crippen LogP) is 4.18. The molecule has 5 heteroatoms. The Kier molecular flexibility index (Phi) is 4.68. The van der Waals surface area contributed by atoms with Gasteiger partial charge in [0.05, 0.1) is 11.1 Å². The zero-order chi connectivity index (χ0) is 14.7. The first-order chi connectivity index (χ1) is 9.47. The van der Waals surface area contributed by atoms with Gasteiger partial charge in [-0.05, 0) is 58.7 Å². The average Bonchev–Trinajstić information content (AvgIpc) is 2.41. The average molecular weight is 354 g/mol. The summed E-state index contributed by atoms with van der Waals surface area (Å²) in [5.41, 5.74) is 7.94. The van der Waals surface area contributed by atoms with Crippen molar-refractivity contribution in [2.45, 2.75) is 13.0 Å². The van der Waals surface area contributed by atoms with Crippen molar-refractivity contribution < 1.29 is 4.79 Å². The Bertz CT molecular complexity index is 646. The lowest BCUT2D eigenvalue weighted by Gasteiger charge is -2.15. The van der Waals surface area contributed by atoms with E-state index in [0.717, 1.165) is 5.56 Å². The molecule has 0 saturated heterocycles. The number of carbonyl (C=O) groups is 1. The van der Waals surface area contributed by atoms with Crippen molar-refractivity contribution in [1.29, 1.82) is 0 Å². The van der Waals surface area contributed by atoms with Crippen molar-refractivity contribution >= 4 is 39.1 Å². The summed E-state index contributed by atoms with van der Waals surface area (Å²) in [6.45, 7) is 1.91. The number of anilines is 1. The van der Waals surface area contributed by atoms with E-state index in [1.54, 1.807) is 18.2 Å². The van der Waals surface area contributed by atoms with Gasteiger partial charge in [0, 0.05) is 15.7 Å². The molecule has 0 radical (unpaired) electrons. The summed E-state index contributed by atoms with van der Waals surface area (Å²) >= 11 is 9.22. The van der Waals surface area contributed by atoms with Gasteiger partial charge in [0.15, 0.2) is 0 Å². The Labute approximate surface area is 131 Å². The van der Waals surface area contributed by atoms with E-state index < -0.39 is 0 Å². The van der Waals surface area contributed by atoms with E-state index in [4.69, 9.17) is 17.3 Å². The minimum absolute atomic E-state index is 0.125. The molecule has 3 nitrogen and oxygen atoms in total. The van der Waals surface area contributed by atoms with Crippen molar-refractivity contribution in [1.82, 2.24) is 5.32 Å². The molecule has 0 aliphatic carbocycles. The second kappa shape index (κ2) is 6.29. The Balaban J connectivity index is 2.13. The van der Waals surface area contributed by atoms with E-state index in [0.29, 0.717) is 20.7 Å². The molecule has 3 N–H and O–H groups in total. The molecule has 1 unspecified atom stereocenters. The van der Waals surface area contributed by atoms with Crippen LogP contribution < -0.4 is 11.1 Å². The van der Waals surface area contributed by atoms with E-state index in [9.17, 15) is 4.79 Å². The highest BCUT2D eigenvalue weighted by Gasteiger charge is 2.12. The number of amides is 1. The number of carbonyl (C=O) groups excluding carboxylic acids is 1. The molecule has 0 saturated carbocycles. The minimum atomic E-state index is -0.155. The molecule has 1 atom stereocenters. The number of halogens is 2. The summed E-state index contributed by atoms with van der Waals surface area (Å²) < 4.78 is 0.698. The van der Waals surface area contributed by atoms with Gasteiger partial charge < -0.3 is 11.1 Å². The molecule has 0 aliphatic rings. The third-order valence-electron chi connectivity index (χ3n) is 2.94. The first kappa shape index (κ1) is 14.9. The summed E-state index contributed by atoms with van der Waals surface area (Å²) in [5.74, 6) is -0.155. The third kappa shape index (κ3) is 3.52. The highest BCUT2D eigenvalue weighted by molar-refractivity contribution is 9.10. The van der Waals surface area contributed by atoms with Crippen molar-refractivity contribution in [3.8, 4) is 0 Å². The van der Waals surface area contributed by atoms with Crippen molar-refractivity contribution in [3.05, 3.63) is 63.1 Å². The molecule has 0 bridgehead atoms. The van der Waals surface area contributed by atoms with Crippen molar-refractivity contribution in [3.63, 3.8) is 0 Å². The largest absolute Gasteiger partial charge is 0.399 e. The number of nitrogens with two attached hydrogens (primary N) is 1. The van der Waals surface area contributed by atoms with Crippen LogP contribution in [0.4, 0.5) is 5.69 Å². The molecule has 0 fully saturated rings. The summed E-state index contributed by atoms with van der Waals surface area (Å²) in [6.07, 6.45) is 0. The molecule has 0 aliphatic heterocycles. The van der Waals surface area contributed by atoms with Gasteiger partial charge >= 0.3 is 0 Å². The Morgan fingerprint density at radius 3 is 2.70 bits per heavy atom. The topological polar surface area (TPSA) is 55.1 Å². The number of nitrogens with one attached hydrogen (secondary N) is 1. The fourth-order valence-corrected chi connectivity index (χ4v) is 2.33. The van der Waals surface area contributed by atoms with Gasteiger partial charge in [0.1, 0.15) is 0 Å². The van der Waals surface area contributed by atoms with Crippen molar-refractivity contribution in [2.75, 3.05) is 5.73 Å². The van der Waals surface area contributed by atoms with Gasteiger partial charge in [-0.3, -0.25) is 4.79 Å². The third-order valence-corrected chi connectivity index (χ3v) is 4.15. The van der Waals surface area contributed by atoms with Crippen LogP contribution in [0.5, 0.6) is 0 Å². The first-order valence-electron chi connectivity index (χ1n) is 6.08. The van der Waals surface area contributed by atoms with Crippen LogP contribution in [0.25, 0.3) is 0 Å². The van der Waals surface area contributed by atoms with Gasteiger partial charge in [0.25, 0.3) is 5.91 Å². The minimum Gasteiger partial charge on any atom is -0.399 e. The van der Waals surface area contributed by atoms with E-state index in [2.05, 4.69) is 21.2 Å². The standard InChI is InChI=1S/C15H14BrClN2O/c1-9(10-3-2-4-12(18)7-10)19-15(20)11-5-6-14(17)13(16)8-11/h2-9H,18H2,1H3,(H,19,20). The Hall–Kier alpha value is -1.52. The summed E-state index contributed by atoms with van der Waals surface area (Å²) in [5, 5.41) is 3.50. The number of hydrogen-bond donors (Lipinski definition) is 2. The van der Waals surface area contributed by atoms with Crippen LogP contribution in [0.3, 0.4) is 0 Å². The first-order valence-corrected chi connectivity index (χ1v) is 7.26. The Morgan fingerprint density at radius 2 is 2.05 bits per heavy atom. The maximum atomic E-state index is 12.2. The molecule has 2 aromatic rings. The smallest absolute Gasteiger partial charge is 0.251 e. The fraction of sp³-hybridized carbons (Fsp3) is 0.133. The van der Waals surface area contributed by atoms with Crippen LogP contribution in [0.1, 0.15) is 28.9 Å². The molecule has 2 rings (SSSR count). The highest BCUT2D eigenvalue weighted by Crippen LogP contribution is 2.23. The maximum absolute atomic E-state index is 12.2. The SMILES string of the molecule is CC(NC(=O)c1ccc(Cl)c(Br)c1)c1cccc(N)c1. The second-order valence-corrected chi connectivity index (χ2v) is 5.76. The van der Waals surface area contributed by atoms with E-state index >= 15 is 0 Å². The molecule has 0 spiro atoms. The number of benzene rings is 2. The molecule has 0 heterocycles. The molecule has 20 heavy (non-hydrogen) atoms. The number of nitrogen functional groups attached to an aromatic ring is 1. The molecule has 2 aromatic carbocycles. The monoisotopic (exact) mass is 352 g/mol. The van der Waals surface area contributed by atoms with Gasteiger partial charge in [-0.2, -0.15) is 0 Å². The molecule has 1 amide bonds. The van der Waals surface area contributed by atoms with Crippen LogP contribution in [-0.4, -0.2) is 5.91 Å². The summed E-state index contributed by atoms with van der Waals surface area (Å²) in [6, 6.07) is 12.4. The predicted molar refractivity (Wildman–Crippen MR) is 85.9 cm³/mol. The fourth-order valence-electron chi connectivity index (χ4n) is 1.83. The lowest BCUT2D eigenvalue weighted by Crippen LogP contribution is -2.26. The van der Waals surface area contributed by atoms with Crippen LogP contribution in [0, 0.1) is 0 Å². The van der Waals surface area contributed by atoms with Crippen molar-refractivity contribution in [2.24, 2.45) is 0 Å². The quantitative estimate of drug-likeness (QED) is 0.813. The lowest BCUT2D eigenvalue weighted by molar-refractivity contribution is 0.0940. The normalized spacial score (nSPS) is 11.9. The Morgan fingerprint density at radius 1 is 1.30 bits per heavy atom.